The molecule has 0 amide bonds. The number of thioether (sulfide) groups is 1. The molecule has 0 aliphatic rings. The van der Waals surface area contributed by atoms with Gasteiger partial charge in [-0.2, -0.15) is 0 Å². The fourth-order valence-electron chi connectivity index (χ4n) is 1.42. The third-order valence-electron chi connectivity index (χ3n) is 2.34. The van der Waals surface area contributed by atoms with Crippen LogP contribution in [0.4, 0.5) is 0 Å². The molecule has 0 bridgehead atoms. The van der Waals surface area contributed by atoms with E-state index in [4.69, 9.17) is 5.11 Å². The van der Waals surface area contributed by atoms with Gasteiger partial charge in [0.2, 0.25) is 0 Å². The third kappa shape index (κ3) is 5.52. The summed E-state index contributed by atoms with van der Waals surface area (Å²) in [6, 6.07) is 2.68. The van der Waals surface area contributed by atoms with E-state index in [9.17, 15) is 0 Å². The predicted octanol–water partition coefficient (Wildman–Crippen LogP) is 2.36. The Morgan fingerprint density at radius 1 is 1.47 bits per heavy atom. The summed E-state index contributed by atoms with van der Waals surface area (Å²) in [7, 11) is 0. The highest BCUT2D eigenvalue weighted by atomic mass is 32.2. The Morgan fingerprint density at radius 3 is 2.82 bits per heavy atom. The topological polar surface area (TPSA) is 45.2 Å². The van der Waals surface area contributed by atoms with E-state index in [1.165, 1.54) is 11.1 Å². The minimum atomic E-state index is 0.252. The monoisotopic (exact) mass is 254 g/mol. The fraction of sp³-hybridized carbons (Fsp3) is 0.615. The lowest BCUT2D eigenvalue weighted by atomic mass is 10.2. The summed E-state index contributed by atoms with van der Waals surface area (Å²) in [5.74, 6) is 0.925. The van der Waals surface area contributed by atoms with Crippen LogP contribution in [0.2, 0.25) is 0 Å². The van der Waals surface area contributed by atoms with Crippen molar-refractivity contribution in [2.45, 2.75) is 44.8 Å². The summed E-state index contributed by atoms with van der Waals surface area (Å²) >= 11 is 1.71. The number of nitrogens with one attached hydrogen (secondary N) is 1. The highest BCUT2D eigenvalue weighted by Gasteiger charge is 2.03. The van der Waals surface area contributed by atoms with Gasteiger partial charge in [-0.1, -0.05) is 19.9 Å². The quantitative estimate of drug-likeness (QED) is 0.579. The average molecular weight is 254 g/mol. The van der Waals surface area contributed by atoms with Crippen LogP contribution >= 0.6 is 11.8 Å². The maximum absolute atomic E-state index is 8.74. The largest absolute Gasteiger partial charge is 0.396 e. The number of aliphatic hydroxyl groups excluding tert-OH is 1. The van der Waals surface area contributed by atoms with Crippen molar-refractivity contribution >= 4 is 11.8 Å². The number of pyridine rings is 1. The van der Waals surface area contributed by atoms with E-state index in [1.54, 1.807) is 11.8 Å². The van der Waals surface area contributed by atoms with E-state index >= 15 is 0 Å². The highest BCUT2D eigenvalue weighted by molar-refractivity contribution is 7.99. The first kappa shape index (κ1) is 14.5. The maximum atomic E-state index is 8.74. The second kappa shape index (κ2) is 7.69. The molecule has 1 rings (SSSR count). The molecule has 1 heterocycles. The molecule has 0 spiro atoms. The third-order valence-corrected chi connectivity index (χ3v) is 3.54. The number of nitrogens with zero attached hydrogens (tertiary/aromatic N) is 1. The van der Waals surface area contributed by atoms with Crippen LogP contribution in [0, 0.1) is 6.92 Å². The van der Waals surface area contributed by atoms with E-state index < -0.39 is 0 Å². The van der Waals surface area contributed by atoms with Gasteiger partial charge < -0.3 is 10.4 Å². The molecule has 0 aromatic carbocycles. The van der Waals surface area contributed by atoms with Crippen molar-refractivity contribution in [2.75, 3.05) is 12.4 Å². The van der Waals surface area contributed by atoms with Crippen LogP contribution in [0.15, 0.2) is 17.3 Å². The van der Waals surface area contributed by atoms with Crippen molar-refractivity contribution < 1.29 is 5.11 Å². The average Bonchev–Trinajstić information content (AvgIpc) is 2.29. The van der Waals surface area contributed by atoms with Crippen LogP contribution < -0.4 is 5.32 Å². The molecule has 17 heavy (non-hydrogen) atoms. The second-order valence-corrected chi connectivity index (χ2v) is 5.51. The highest BCUT2D eigenvalue weighted by Crippen LogP contribution is 2.20. The smallest absolute Gasteiger partial charge is 0.0989 e. The molecule has 0 fully saturated rings. The molecule has 0 unspecified atom stereocenters. The molecule has 0 radical (unpaired) electrons. The zero-order valence-corrected chi connectivity index (χ0v) is 11.7. The molecule has 1 aromatic rings. The number of rotatable bonds is 7. The summed E-state index contributed by atoms with van der Waals surface area (Å²) in [6.07, 6.45) is 2.76. The molecule has 3 nitrogen and oxygen atoms in total. The van der Waals surface area contributed by atoms with Crippen LogP contribution in [0.3, 0.4) is 0 Å². The first-order chi connectivity index (χ1) is 8.13. The SMILES string of the molecule is Cc1cc(CNC(C)C)cnc1SCCCO. The summed E-state index contributed by atoms with van der Waals surface area (Å²) < 4.78 is 0. The predicted molar refractivity (Wildman–Crippen MR) is 73.4 cm³/mol. The molecule has 4 heteroatoms. The number of aliphatic hydroxyl groups is 1. The van der Waals surface area contributed by atoms with Gasteiger partial charge in [0.15, 0.2) is 0 Å². The zero-order chi connectivity index (χ0) is 12.7. The summed E-state index contributed by atoms with van der Waals surface area (Å²) in [6.45, 7) is 7.49. The number of aryl methyl sites for hydroxylation is 1. The Labute approximate surface area is 108 Å². The Morgan fingerprint density at radius 2 is 2.24 bits per heavy atom. The molecule has 0 saturated heterocycles. The van der Waals surface area contributed by atoms with E-state index in [0.717, 1.165) is 23.7 Å². The van der Waals surface area contributed by atoms with Crippen LogP contribution in [-0.2, 0) is 6.54 Å². The van der Waals surface area contributed by atoms with Gasteiger partial charge in [-0.05, 0) is 24.5 Å². The van der Waals surface area contributed by atoms with Crippen molar-refractivity contribution in [3.63, 3.8) is 0 Å². The molecule has 0 aliphatic heterocycles. The number of hydrogen-bond donors (Lipinski definition) is 2. The number of hydrogen-bond acceptors (Lipinski definition) is 4. The normalized spacial score (nSPS) is 11.1. The van der Waals surface area contributed by atoms with E-state index in [2.05, 4.69) is 37.1 Å². The van der Waals surface area contributed by atoms with E-state index in [0.29, 0.717) is 6.04 Å². The van der Waals surface area contributed by atoms with Crippen molar-refractivity contribution in [1.29, 1.82) is 0 Å². The molecule has 2 N–H and O–H groups in total. The van der Waals surface area contributed by atoms with Gasteiger partial charge >= 0.3 is 0 Å². The first-order valence-electron chi connectivity index (χ1n) is 6.06. The maximum Gasteiger partial charge on any atom is 0.0989 e. The molecule has 0 atom stereocenters. The van der Waals surface area contributed by atoms with Crippen LogP contribution in [0.5, 0.6) is 0 Å². The molecule has 0 aliphatic carbocycles. The summed E-state index contributed by atoms with van der Waals surface area (Å²) in [5, 5.41) is 13.2. The van der Waals surface area contributed by atoms with E-state index in [1.807, 2.05) is 6.20 Å². The van der Waals surface area contributed by atoms with Crippen LogP contribution in [0.25, 0.3) is 0 Å². The van der Waals surface area contributed by atoms with Crippen molar-refractivity contribution in [2.24, 2.45) is 0 Å². The van der Waals surface area contributed by atoms with Crippen LogP contribution in [-0.4, -0.2) is 28.5 Å². The van der Waals surface area contributed by atoms with Crippen molar-refractivity contribution in [1.82, 2.24) is 10.3 Å². The van der Waals surface area contributed by atoms with Gasteiger partial charge in [0.1, 0.15) is 0 Å². The van der Waals surface area contributed by atoms with Gasteiger partial charge in [-0.3, -0.25) is 0 Å². The summed E-state index contributed by atoms with van der Waals surface area (Å²) in [4.78, 5) is 4.47. The lowest BCUT2D eigenvalue weighted by Gasteiger charge is -2.10. The Balaban J connectivity index is 2.53. The summed E-state index contributed by atoms with van der Waals surface area (Å²) in [5.41, 5.74) is 2.44. The minimum Gasteiger partial charge on any atom is -0.396 e. The van der Waals surface area contributed by atoms with E-state index in [-0.39, 0.29) is 6.61 Å². The lowest BCUT2D eigenvalue weighted by molar-refractivity contribution is 0.296. The van der Waals surface area contributed by atoms with Gasteiger partial charge in [-0.15, -0.1) is 11.8 Å². The first-order valence-corrected chi connectivity index (χ1v) is 7.04. The Kier molecular flexibility index (Phi) is 6.55. The minimum absolute atomic E-state index is 0.252. The van der Waals surface area contributed by atoms with Gasteiger partial charge in [0.25, 0.3) is 0 Å². The lowest BCUT2D eigenvalue weighted by Crippen LogP contribution is -2.21. The molecule has 0 saturated carbocycles. The zero-order valence-electron chi connectivity index (χ0n) is 10.9. The Hall–Kier alpha value is -0.580. The number of aromatic nitrogens is 1. The Bertz CT molecular complexity index is 342. The second-order valence-electron chi connectivity index (χ2n) is 4.43. The van der Waals surface area contributed by atoms with Gasteiger partial charge in [0.05, 0.1) is 5.03 Å². The van der Waals surface area contributed by atoms with Crippen molar-refractivity contribution in [3.05, 3.63) is 23.4 Å². The fourth-order valence-corrected chi connectivity index (χ4v) is 2.30. The van der Waals surface area contributed by atoms with Gasteiger partial charge in [-0.25, -0.2) is 4.98 Å². The van der Waals surface area contributed by atoms with Gasteiger partial charge in [0, 0.05) is 31.1 Å². The van der Waals surface area contributed by atoms with Crippen molar-refractivity contribution in [3.8, 4) is 0 Å². The molecular formula is C13H22N2OS. The molecule has 96 valence electrons. The molecule has 1 aromatic heterocycles. The van der Waals surface area contributed by atoms with Crippen LogP contribution in [0.1, 0.15) is 31.4 Å². The molecular weight excluding hydrogens is 232 g/mol. The standard InChI is InChI=1S/C13H22N2OS/c1-10(2)14-8-12-7-11(3)13(15-9-12)17-6-4-5-16/h7,9-10,14,16H,4-6,8H2,1-3H3.